The number of likely N-dealkylation sites (N-methyl/N-ethyl adjacent to an activating group) is 1. The fourth-order valence-electron chi connectivity index (χ4n) is 2.48. The Bertz CT molecular complexity index is 573. The molecule has 0 radical (unpaired) electrons. The molecule has 1 fully saturated rings. The molecule has 0 saturated carbocycles. The fraction of sp³-hybridized carbons (Fsp3) is 0.538. The molecule has 2 unspecified atom stereocenters. The van der Waals surface area contributed by atoms with E-state index in [0.29, 0.717) is 13.1 Å². The molecular weight excluding hydrogens is 298 g/mol. The van der Waals surface area contributed by atoms with Crippen molar-refractivity contribution < 1.29 is 8.42 Å². The number of nitrogens with two attached hydrogens (primary N) is 1. The maximum atomic E-state index is 12.8. The Labute approximate surface area is 125 Å². The number of sulfonamides is 1. The molecule has 2 atom stereocenters. The van der Waals surface area contributed by atoms with Crippen molar-refractivity contribution >= 4 is 27.3 Å². The van der Waals surface area contributed by atoms with Gasteiger partial charge in [-0.2, -0.15) is 4.31 Å². The summed E-state index contributed by atoms with van der Waals surface area (Å²) < 4.78 is 27.0. The second-order valence-corrected chi connectivity index (χ2v) is 7.63. The number of piperazine rings is 1. The highest BCUT2D eigenvalue weighted by atomic mass is 35.5. The van der Waals surface area contributed by atoms with Gasteiger partial charge in [0.05, 0.1) is 10.7 Å². The zero-order valence-electron chi connectivity index (χ0n) is 11.9. The van der Waals surface area contributed by atoms with Crippen LogP contribution in [0.5, 0.6) is 0 Å². The number of anilines is 1. The minimum atomic E-state index is -3.66. The van der Waals surface area contributed by atoms with Crippen LogP contribution in [0.15, 0.2) is 23.1 Å². The van der Waals surface area contributed by atoms with Gasteiger partial charge in [-0.05, 0) is 33.0 Å². The first kappa shape index (κ1) is 15.6. The van der Waals surface area contributed by atoms with Crippen molar-refractivity contribution in [3.8, 4) is 0 Å². The topological polar surface area (TPSA) is 66.6 Å². The molecule has 0 bridgehead atoms. The Kier molecular flexibility index (Phi) is 4.30. The summed E-state index contributed by atoms with van der Waals surface area (Å²) in [5, 5.41) is 0.171. The number of rotatable bonds is 2. The SMILES string of the molecule is CC1CN(S(=O)(=O)c2c(N)cccc2Cl)CC(C)N1C. The molecule has 7 heteroatoms. The third-order valence-corrected chi connectivity index (χ3v) is 6.30. The number of benzene rings is 1. The summed E-state index contributed by atoms with van der Waals surface area (Å²) in [5.41, 5.74) is 6.00. The molecule has 1 aliphatic rings. The van der Waals surface area contributed by atoms with Crippen molar-refractivity contribution in [1.29, 1.82) is 0 Å². The minimum absolute atomic E-state index is 0.0191. The smallest absolute Gasteiger partial charge is 0.246 e. The molecule has 20 heavy (non-hydrogen) atoms. The van der Waals surface area contributed by atoms with E-state index in [-0.39, 0.29) is 27.7 Å². The van der Waals surface area contributed by atoms with Crippen molar-refractivity contribution in [2.24, 2.45) is 0 Å². The van der Waals surface area contributed by atoms with Crippen molar-refractivity contribution in [2.45, 2.75) is 30.8 Å². The first-order valence-electron chi connectivity index (χ1n) is 6.51. The van der Waals surface area contributed by atoms with E-state index in [1.54, 1.807) is 18.2 Å². The first-order valence-corrected chi connectivity index (χ1v) is 8.33. The van der Waals surface area contributed by atoms with Crippen LogP contribution in [0.1, 0.15) is 13.8 Å². The average molecular weight is 318 g/mol. The predicted molar refractivity (Wildman–Crippen MR) is 81.3 cm³/mol. The van der Waals surface area contributed by atoms with Gasteiger partial charge in [-0.3, -0.25) is 4.90 Å². The van der Waals surface area contributed by atoms with Crippen LogP contribution in [0.2, 0.25) is 5.02 Å². The summed E-state index contributed by atoms with van der Waals surface area (Å²) in [4.78, 5) is 2.19. The summed E-state index contributed by atoms with van der Waals surface area (Å²) in [6, 6.07) is 5.05. The second kappa shape index (κ2) is 5.52. The van der Waals surface area contributed by atoms with Gasteiger partial charge in [0.1, 0.15) is 4.90 Å². The van der Waals surface area contributed by atoms with Crippen molar-refractivity contribution in [1.82, 2.24) is 9.21 Å². The van der Waals surface area contributed by atoms with Gasteiger partial charge in [-0.15, -0.1) is 0 Å². The van der Waals surface area contributed by atoms with E-state index in [1.807, 2.05) is 20.9 Å². The van der Waals surface area contributed by atoms with E-state index in [0.717, 1.165) is 0 Å². The molecule has 1 aliphatic heterocycles. The lowest BCUT2D eigenvalue weighted by Crippen LogP contribution is -2.56. The molecule has 1 aromatic carbocycles. The molecule has 112 valence electrons. The van der Waals surface area contributed by atoms with Crippen LogP contribution in [0.3, 0.4) is 0 Å². The van der Waals surface area contributed by atoms with Crippen LogP contribution in [0, 0.1) is 0 Å². The van der Waals surface area contributed by atoms with Gasteiger partial charge >= 0.3 is 0 Å². The summed E-state index contributed by atoms with van der Waals surface area (Å²) in [6.45, 7) is 4.89. The van der Waals surface area contributed by atoms with Crippen molar-refractivity contribution in [3.05, 3.63) is 23.2 Å². The average Bonchev–Trinajstić information content (AvgIpc) is 2.34. The van der Waals surface area contributed by atoms with Gasteiger partial charge in [0.15, 0.2) is 0 Å². The van der Waals surface area contributed by atoms with Crippen molar-refractivity contribution in [2.75, 3.05) is 25.9 Å². The molecule has 2 rings (SSSR count). The molecule has 0 aromatic heterocycles. The number of nitrogen functional groups attached to an aromatic ring is 1. The van der Waals surface area contributed by atoms with Crippen LogP contribution in [-0.2, 0) is 10.0 Å². The summed E-state index contributed by atoms with van der Waals surface area (Å²) >= 11 is 6.04. The maximum absolute atomic E-state index is 12.8. The minimum Gasteiger partial charge on any atom is -0.398 e. The molecule has 0 amide bonds. The first-order chi connectivity index (χ1) is 9.25. The Morgan fingerprint density at radius 3 is 2.30 bits per heavy atom. The zero-order chi connectivity index (χ0) is 15.1. The lowest BCUT2D eigenvalue weighted by atomic mass is 10.1. The molecule has 0 spiro atoms. The molecule has 1 heterocycles. The van der Waals surface area contributed by atoms with Crippen LogP contribution < -0.4 is 5.73 Å². The number of halogens is 1. The maximum Gasteiger partial charge on any atom is 0.246 e. The molecule has 1 saturated heterocycles. The lowest BCUT2D eigenvalue weighted by molar-refractivity contribution is 0.105. The van der Waals surface area contributed by atoms with Crippen LogP contribution in [-0.4, -0.2) is 49.8 Å². The highest BCUT2D eigenvalue weighted by Gasteiger charge is 2.36. The van der Waals surface area contributed by atoms with Gasteiger partial charge in [0.2, 0.25) is 10.0 Å². The molecule has 1 aromatic rings. The highest BCUT2D eigenvalue weighted by molar-refractivity contribution is 7.89. The fourth-order valence-corrected chi connectivity index (χ4v) is 4.72. The number of hydrogen-bond donors (Lipinski definition) is 1. The van der Waals surface area contributed by atoms with E-state index in [9.17, 15) is 8.42 Å². The third-order valence-electron chi connectivity index (χ3n) is 3.92. The highest BCUT2D eigenvalue weighted by Crippen LogP contribution is 2.31. The predicted octanol–water partition coefficient (Wildman–Crippen LogP) is 1.64. The Morgan fingerprint density at radius 2 is 1.80 bits per heavy atom. The van der Waals surface area contributed by atoms with Crippen LogP contribution in [0.25, 0.3) is 0 Å². The quantitative estimate of drug-likeness (QED) is 0.842. The van der Waals surface area contributed by atoms with Gasteiger partial charge in [-0.1, -0.05) is 17.7 Å². The van der Waals surface area contributed by atoms with Gasteiger partial charge < -0.3 is 5.73 Å². The van der Waals surface area contributed by atoms with Gasteiger partial charge in [-0.25, -0.2) is 8.42 Å². The molecule has 0 aliphatic carbocycles. The largest absolute Gasteiger partial charge is 0.398 e. The molecule has 5 nitrogen and oxygen atoms in total. The Balaban J connectivity index is 2.41. The summed E-state index contributed by atoms with van der Waals surface area (Å²) in [5.74, 6) is 0. The van der Waals surface area contributed by atoms with E-state index < -0.39 is 10.0 Å². The Hall–Kier alpha value is -0.820. The summed E-state index contributed by atoms with van der Waals surface area (Å²) in [7, 11) is -1.66. The standard InChI is InChI=1S/C13H20ClN3O2S/c1-9-7-17(8-10(2)16(9)3)20(18,19)13-11(14)5-4-6-12(13)15/h4-6,9-10H,7-8,15H2,1-3H3. The van der Waals surface area contributed by atoms with E-state index in [2.05, 4.69) is 4.90 Å². The van der Waals surface area contributed by atoms with E-state index in [4.69, 9.17) is 17.3 Å². The van der Waals surface area contributed by atoms with Crippen LogP contribution in [0.4, 0.5) is 5.69 Å². The second-order valence-electron chi connectivity index (χ2n) is 5.34. The third kappa shape index (κ3) is 2.65. The summed E-state index contributed by atoms with van der Waals surface area (Å²) in [6.07, 6.45) is 0. The normalized spacial score (nSPS) is 25.8. The van der Waals surface area contributed by atoms with E-state index >= 15 is 0 Å². The lowest BCUT2D eigenvalue weighted by Gasteiger charge is -2.41. The zero-order valence-corrected chi connectivity index (χ0v) is 13.4. The molecular formula is C13H20ClN3O2S. The Morgan fingerprint density at radius 1 is 1.25 bits per heavy atom. The van der Waals surface area contributed by atoms with Gasteiger partial charge in [0, 0.05) is 25.2 Å². The number of nitrogens with zero attached hydrogens (tertiary/aromatic N) is 2. The monoisotopic (exact) mass is 317 g/mol. The van der Waals surface area contributed by atoms with Crippen LogP contribution >= 0.6 is 11.6 Å². The van der Waals surface area contributed by atoms with Gasteiger partial charge in [0.25, 0.3) is 0 Å². The number of hydrogen-bond acceptors (Lipinski definition) is 4. The molecule has 2 N–H and O–H groups in total. The van der Waals surface area contributed by atoms with E-state index in [1.165, 1.54) is 4.31 Å². The van der Waals surface area contributed by atoms with Crippen molar-refractivity contribution in [3.63, 3.8) is 0 Å².